The molecule has 0 aromatic heterocycles. The van der Waals surface area contributed by atoms with Crippen molar-refractivity contribution in [2.45, 2.75) is 85.0 Å². The van der Waals surface area contributed by atoms with E-state index in [0.29, 0.717) is 35.6 Å². The Morgan fingerprint density at radius 2 is 1.68 bits per heavy atom. The lowest BCUT2D eigenvalue weighted by Crippen LogP contribution is -2.55. The first kappa shape index (κ1) is 33.0. The van der Waals surface area contributed by atoms with Crippen molar-refractivity contribution in [3.05, 3.63) is 59.2 Å². The monoisotopic (exact) mass is 571 g/mol. The number of ether oxygens (including phenoxy) is 2. The maximum absolute atomic E-state index is 14.3. The van der Waals surface area contributed by atoms with Crippen molar-refractivity contribution in [1.82, 2.24) is 10.2 Å². The van der Waals surface area contributed by atoms with Crippen LogP contribution in [0.25, 0.3) is 0 Å². The van der Waals surface area contributed by atoms with E-state index in [1.807, 2.05) is 52.1 Å². The number of alkyl carbamates (subject to hydrolysis) is 1. The van der Waals surface area contributed by atoms with Gasteiger partial charge >= 0.3 is 6.09 Å². The van der Waals surface area contributed by atoms with Gasteiger partial charge in [-0.1, -0.05) is 25.1 Å². The first-order chi connectivity index (χ1) is 18.8. The molecular formula is C31H45N3O5S. The topological polar surface area (TPSA) is 97.0 Å². The first-order valence-electron chi connectivity index (χ1n) is 13.6. The van der Waals surface area contributed by atoms with Crippen molar-refractivity contribution in [2.75, 3.05) is 24.4 Å². The summed E-state index contributed by atoms with van der Waals surface area (Å²) in [6, 6.07) is 10.8. The van der Waals surface area contributed by atoms with Crippen molar-refractivity contribution in [1.29, 1.82) is 0 Å². The van der Waals surface area contributed by atoms with Crippen LogP contribution in [-0.4, -0.2) is 59.6 Å². The summed E-state index contributed by atoms with van der Waals surface area (Å²) in [5.74, 6) is 0.641. The molecule has 8 nitrogen and oxygen atoms in total. The summed E-state index contributed by atoms with van der Waals surface area (Å²) < 4.78 is 10.7. The number of thioether (sulfide) groups is 1. The largest absolute Gasteiger partial charge is 0.497 e. The quantitative estimate of drug-likeness (QED) is 0.312. The third-order valence-corrected chi connectivity index (χ3v) is 7.29. The Morgan fingerprint density at radius 3 is 2.20 bits per heavy atom. The smallest absolute Gasteiger partial charge is 0.408 e. The third kappa shape index (κ3) is 9.47. The molecule has 3 amide bonds. The average Bonchev–Trinajstić information content (AvgIpc) is 2.89. The lowest BCUT2D eigenvalue weighted by molar-refractivity contribution is -0.143. The van der Waals surface area contributed by atoms with E-state index in [-0.39, 0.29) is 17.9 Å². The van der Waals surface area contributed by atoms with Gasteiger partial charge in [0, 0.05) is 11.7 Å². The van der Waals surface area contributed by atoms with Crippen molar-refractivity contribution in [3.63, 3.8) is 0 Å². The molecule has 0 aliphatic carbocycles. The highest BCUT2D eigenvalue weighted by atomic mass is 32.2. The fourth-order valence-electron chi connectivity index (χ4n) is 4.18. The molecule has 0 saturated carbocycles. The molecule has 9 heteroatoms. The zero-order valence-electron chi connectivity index (χ0n) is 25.3. The zero-order valence-corrected chi connectivity index (χ0v) is 26.1. The number of rotatable bonds is 12. The van der Waals surface area contributed by atoms with Crippen LogP contribution in [0.3, 0.4) is 0 Å². The highest BCUT2D eigenvalue weighted by molar-refractivity contribution is 7.98. The van der Waals surface area contributed by atoms with Crippen molar-refractivity contribution >= 4 is 35.4 Å². The lowest BCUT2D eigenvalue weighted by Gasteiger charge is -2.38. The number of hydrogen-bond acceptors (Lipinski definition) is 6. The second kappa shape index (κ2) is 15.0. The first-order valence-corrected chi connectivity index (χ1v) is 15.0. The molecule has 0 bridgehead atoms. The summed E-state index contributed by atoms with van der Waals surface area (Å²) in [6.45, 7) is 13.2. The van der Waals surface area contributed by atoms with Crippen LogP contribution < -0.4 is 15.4 Å². The van der Waals surface area contributed by atoms with Crippen LogP contribution in [0.15, 0.2) is 42.5 Å². The number of methoxy groups -OCH3 is 1. The second-order valence-electron chi connectivity index (χ2n) is 10.9. The van der Waals surface area contributed by atoms with Crippen LogP contribution in [0.1, 0.15) is 70.2 Å². The minimum absolute atomic E-state index is 0.294. The molecule has 0 radical (unpaired) electrons. The number of anilines is 1. The minimum Gasteiger partial charge on any atom is -0.497 e. The van der Waals surface area contributed by atoms with Crippen LogP contribution in [0, 0.1) is 13.8 Å². The Morgan fingerprint density at radius 1 is 1.02 bits per heavy atom. The second-order valence-corrected chi connectivity index (χ2v) is 11.9. The Kier molecular flexibility index (Phi) is 12.4. The van der Waals surface area contributed by atoms with Crippen LogP contribution in [0.2, 0.25) is 0 Å². The zero-order chi connectivity index (χ0) is 30.0. The summed E-state index contributed by atoms with van der Waals surface area (Å²) in [5, 5.41) is 5.77. The van der Waals surface area contributed by atoms with Gasteiger partial charge in [0.2, 0.25) is 5.91 Å². The van der Waals surface area contributed by atoms with Gasteiger partial charge in [-0.25, -0.2) is 4.79 Å². The molecule has 2 aromatic carbocycles. The number of nitrogens with one attached hydrogen (secondary N) is 2. The Bertz CT molecular complexity index is 1150. The Hall–Kier alpha value is -3.20. The van der Waals surface area contributed by atoms with Crippen LogP contribution in [0.4, 0.5) is 10.5 Å². The van der Waals surface area contributed by atoms with Gasteiger partial charge in [0.15, 0.2) is 0 Å². The molecule has 2 aromatic rings. The van der Waals surface area contributed by atoms with Crippen molar-refractivity contribution < 1.29 is 23.9 Å². The maximum Gasteiger partial charge on any atom is 0.408 e. The molecule has 40 heavy (non-hydrogen) atoms. The highest BCUT2D eigenvalue weighted by Crippen LogP contribution is 2.30. The van der Waals surface area contributed by atoms with E-state index in [0.717, 1.165) is 11.1 Å². The van der Waals surface area contributed by atoms with Gasteiger partial charge in [0.25, 0.3) is 5.91 Å². The molecule has 0 spiro atoms. The number of nitrogens with zero attached hydrogens (tertiary/aromatic N) is 1. The standard InChI is InChI=1S/C31H45N3O5S/c1-10-22(4)34(29(36)26(17-18-40-9)33-30(37)39-31(5,6)7)27(23-12-11-20(2)21(3)19-23)28(35)32-24-13-15-25(38-8)16-14-24/h11-16,19,22,26-27H,10,17-18H2,1-9H3,(H,32,35)(H,33,37). The summed E-state index contributed by atoms with van der Waals surface area (Å²) in [7, 11) is 1.58. The van der Waals surface area contributed by atoms with E-state index in [2.05, 4.69) is 10.6 Å². The molecular weight excluding hydrogens is 526 g/mol. The molecule has 0 fully saturated rings. The maximum atomic E-state index is 14.3. The van der Waals surface area contributed by atoms with Gasteiger partial charge in [-0.05, 0) is 107 Å². The van der Waals surface area contributed by atoms with E-state index in [4.69, 9.17) is 9.47 Å². The minimum atomic E-state index is -0.930. The number of aryl methyl sites for hydroxylation is 2. The molecule has 3 atom stereocenters. The van der Waals surface area contributed by atoms with Crippen LogP contribution in [-0.2, 0) is 14.3 Å². The Balaban J connectivity index is 2.57. The van der Waals surface area contributed by atoms with Gasteiger partial charge < -0.3 is 25.0 Å². The fourth-order valence-corrected chi connectivity index (χ4v) is 4.65. The molecule has 0 heterocycles. The predicted molar refractivity (Wildman–Crippen MR) is 163 cm³/mol. The van der Waals surface area contributed by atoms with Gasteiger partial charge in [-0.2, -0.15) is 11.8 Å². The third-order valence-electron chi connectivity index (χ3n) is 6.65. The van der Waals surface area contributed by atoms with E-state index < -0.39 is 23.8 Å². The molecule has 0 saturated heterocycles. The van der Waals surface area contributed by atoms with Crippen LogP contribution in [0.5, 0.6) is 5.75 Å². The SMILES string of the molecule is CCC(C)N(C(=O)C(CCSC)NC(=O)OC(C)(C)C)C(C(=O)Nc1ccc(OC)cc1)c1ccc(C)c(C)c1. The van der Waals surface area contributed by atoms with E-state index in [1.54, 1.807) is 68.8 Å². The predicted octanol–water partition coefficient (Wildman–Crippen LogP) is 6.27. The van der Waals surface area contributed by atoms with Crippen molar-refractivity contribution in [3.8, 4) is 5.75 Å². The molecule has 0 aliphatic rings. The molecule has 3 unspecified atom stereocenters. The number of carbonyl (C=O) groups excluding carboxylic acids is 3. The fraction of sp³-hybridized carbons (Fsp3) is 0.516. The summed E-state index contributed by atoms with van der Waals surface area (Å²) in [5.41, 5.74) is 2.67. The van der Waals surface area contributed by atoms with E-state index >= 15 is 0 Å². The average molecular weight is 572 g/mol. The lowest BCUT2D eigenvalue weighted by atomic mass is 9.96. The van der Waals surface area contributed by atoms with E-state index in [1.165, 1.54) is 0 Å². The number of hydrogen-bond donors (Lipinski definition) is 2. The molecule has 2 N–H and O–H groups in total. The highest BCUT2D eigenvalue weighted by Gasteiger charge is 2.38. The van der Waals surface area contributed by atoms with Gasteiger partial charge in [-0.15, -0.1) is 0 Å². The Labute approximate surface area is 243 Å². The summed E-state index contributed by atoms with van der Waals surface area (Å²) >= 11 is 1.58. The summed E-state index contributed by atoms with van der Waals surface area (Å²) in [6.07, 6.45) is 2.29. The normalized spacial score (nSPS) is 13.5. The van der Waals surface area contributed by atoms with Gasteiger partial charge in [-0.3, -0.25) is 9.59 Å². The van der Waals surface area contributed by atoms with Gasteiger partial charge in [0.1, 0.15) is 23.4 Å². The molecule has 2 rings (SSSR count). The number of amides is 3. The van der Waals surface area contributed by atoms with E-state index in [9.17, 15) is 14.4 Å². The molecule has 220 valence electrons. The van der Waals surface area contributed by atoms with Crippen LogP contribution >= 0.6 is 11.8 Å². The van der Waals surface area contributed by atoms with Gasteiger partial charge in [0.05, 0.1) is 7.11 Å². The number of benzene rings is 2. The number of carbonyl (C=O) groups is 3. The van der Waals surface area contributed by atoms with Crippen molar-refractivity contribution in [2.24, 2.45) is 0 Å². The summed E-state index contributed by atoms with van der Waals surface area (Å²) in [4.78, 5) is 42.7. The molecule has 0 aliphatic heterocycles.